The van der Waals surface area contributed by atoms with Crippen molar-refractivity contribution in [1.29, 1.82) is 0 Å². The van der Waals surface area contributed by atoms with Crippen molar-refractivity contribution in [2.45, 2.75) is 39.0 Å². The maximum absolute atomic E-state index is 9.65. The van der Waals surface area contributed by atoms with Gasteiger partial charge in [0.25, 0.3) is 0 Å². The van der Waals surface area contributed by atoms with Gasteiger partial charge in [0.15, 0.2) is 0 Å². The monoisotopic (exact) mass is 167 g/mol. The highest BCUT2D eigenvalue weighted by Crippen LogP contribution is 2.02. The van der Waals surface area contributed by atoms with Crippen molar-refractivity contribution < 1.29 is 4.79 Å². The molecule has 0 saturated heterocycles. The Bertz CT molecular complexity index is 157. The molecule has 2 nitrogen and oxygen atoms in total. The average molecular weight is 167 g/mol. The van der Waals surface area contributed by atoms with E-state index < -0.39 is 0 Å². The number of allylic oxidation sites excluding steroid dienone is 1. The van der Waals surface area contributed by atoms with E-state index in [1.165, 1.54) is 31.8 Å². The van der Waals surface area contributed by atoms with E-state index in [2.05, 4.69) is 18.0 Å². The summed E-state index contributed by atoms with van der Waals surface area (Å²) < 4.78 is 0. The van der Waals surface area contributed by atoms with E-state index in [0.29, 0.717) is 6.54 Å². The van der Waals surface area contributed by atoms with Gasteiger partial charge in [0.1, 0.15) is 0 Å². The Labute approximate surface area is 74.4 Å². The minimum absolute atomic E-state index is 0.483. The van der Waals surface area contributed by atoms with Gasteiger partial charge in [0.2, 0.25) is 6.08 Å². The number of isocyanates is 1. The SMILES string of the molecule is CCCCCCC=CCN=C=O. The second kappa shape index (κ2) is 10.1. The summed E-state index contributed by atoms with van der Waals surface area (Å²) in [5, 5.41) is 0. The highest BCUT2D eigenvalue weighted by molar-refractivity contribution is 5.33. The van der Waals surface area contributed by atoms with E-state index in [4.69, 9.17) is 0 Å². The summed E-state index contributed by atoms with van der Waals surface area (Å²) in [6, 6.07) is 0. The highest BCUT2D eigenvalue weighted by Gasteiger charge is 1.83. The van der Waals surface area contributed by atoms with Gasteiger partial charge in [-0.05, 0) is 12.8 Å². The van der Waals surface area contributed by atoms with Crippen LogP contribution in [0.5, 0.6) is 0 Å². The van der Waals surface area contributed by atoms with Crippen LogP contribution in [0.4, 0.5) is 0 Å². The van der Waals surface area contributed by atoms with Crippen molar-refractivity contribution in [2.75, 3.05) is 6.54 Å². The topological polar surface area (TPSA) is 29.4 Å². The molecule has 0 rings (SSSR count). The summed E-state index contributed by atoms with van der Waals surface area (Å²) in [6.07, 6.45) is 11.7. The van der Waals surface area contributed by atoms with Gasteiger partial charge in [-0.1, -0.05) is 38.3 Å². The molecule has 0 aliphatic heterocycles. The Kier molecular flexibility index (Phi) is 9.38. The number of hydrogen-bond donors (Lipinski definition) is 0. The Morgan fingerprint density at radius 3 is 2.75 bits per heavy atom. The minimum Gasteiger partial charge on any atom is -0.211 e. The largest absolute Gasteiger partial charge is 0.235 e. The molecule has 0 atom stereocenters. The second-order valence-corrected chi connectivity index (χ2v) is 2.75. The second-order valence-electron chi connectivity index (χ2n) is 2.75. The highest BCUT2D eigenvalue weighted by atomic mass is 16.1. The lowest BCUT2D eigenvalue weighted by molar-refractivity contribution is 0.564. The first-order valence-corrected chi connectivity index (χ1v) is 4.60. The normalized spacial score (nSPS) is 10.1. The van der Waals surface area contributed by atoms with E-state index in [-0.39, 0.29) is 0 Å². The van der Waals surface area contributed by atoms with Crippen LogP contribution >= 0.6 is 0 Å². The Morgan fingerprint density at radius 2 is 2.08 bits per heavy atom. The Morgan fingerprint density at radius 1 is 1.25 bits per heavy atom. The van der Waals surface area contributed by atoms with Crippen LogP contribution in [0.2, 0.25) is 0 Å². The maximum atomic E-state index is 9.65. The predicted molar refractivity (Wildman–Crippen MR) is 50.9 cm³/mol. The fourth-order valence-electron chi connectivity index (χ4n) is 0.971. The summed E-state index contributed by atoms with van der Waals surface area (Å²) in [4.78, 5) is 13.1. The lowest BCUT2D eigenvalue weighted by Crippen LogP contribution is -1.75. The Balaban J connectivity index is 3.07. The first kappa shape index (κ1) is 11.1. The molecule has 0 amide bonds. The number of rotatable bonds is 7. The van der Waals surface area contributed by atoms with Crippen LogP contribution in [0.15, 0.2) is 17.1 Å². The number of aliphatic imine (C=N–C) groups is 1. The molecule has 0 radical (unpaired) electrons. The lowest BCUT2D eigenvalue weighted by atomic mass is 10.1. The summed E-state index contributed by atoms with van der Waals surface area (Å²) in [7, 11) is 0. The molecule has 0 aliphatic rings. The van der Waals surface area contributed by atoms with Gasteiger partial charge in [-0.2, -0.15) is 0 Å². The molecule has 0 saturated carbocycles. The van der Waals surface area contributed by atoms with Gasteiger partial charge in [-0.3, -0.25) is 0 Å². The molecule has 0 N–H and O–H groups in total. The zero-order chi connectivity index (χ0) is 9.07. The van der Waals surface area contributed by atoms with E-state index in [0.717, 1.165) is 6.42 Å². The number of hydrogen-bond acceptors (Lipinski definition) is 2. The van der Waals surface area contributed by atoms with Gasteiger partial charge in [0, 0.05) is 0 Å². The van der Waals surface area contributed by atoms with Crippen LogP contribution in [0, 0.1) is 0 Å². The van der Waals surface area contributed by atoms with Gasteiger partial charge in [-0.25, -0.2) is 9.79 Å². The molecular weight excluding hydrogens is 150 g/mol. The standard InChI is InChI=1S/C10H17NO/c1-2-3-4-5-6-7-8-9-11-10-12/h7-8H,2-6,9H2,1H3. The van der Waals surface area contributed by atoms with Crippen molar-refractivity contribution in [1.82, 2.24) is 0 Å². The number of unbranched alkanes of at least 4 members (excludes halogenated alkanes) is 4. The lowest BCUT2D eigenvalue weighted by Gasteiger charge is -1.92. The molecular formula is C10H17NO. The van der Waals surface area contributed by atoms with Gasteiger partial charge < -0.3 is 0 Å². The van der Waals surface area contributed by atoms with Crippen molar-refractivity contribution >= 4 is 6.08 Å². The van der Waals surface area contributed by atoms with Gasteiger partial charge in [-0.15, -0.1) is 0 Å². The van der Waals surface area contributed by atoms with Crippen molar-refractivity contribution in [3.8, 4) is 0 Å². The third kappa shape index (κ3) is 9.12. The predicted octanol–water partition coefficient (Wildman–Crippen LogP) is 2.85. The van der Waals surface area contributed by atoms with Crippen LogP contribution in [-0.4, -0.2) is 12.6 Å². The van der Waals surface area contributed by atoms with Crippen molar-refractivity contribution in [3.05, 3.63) is 12.2 Å². The van der Waals surface area contributed by atoms with E-state index in [1.54, 1.807) is 0 Å². The van der Waals surface area contributed by atoms with Crippen LogP contribution in [-0.2, 0) is 4.79 Å². The summed E-state index contributed by atoms with van der Waals surface area (Å²) in [5.41, 5.74) is 0. The van der Waals surface area contributed by atoms with Crippen LogP contribution < -0.4 is 0 Å². The van der Waals surface area contributed by atoms with Crippen LogP contribution in [0.3, 0.4) is 0 Å². The molecule has 12 heavy (non-hydrogen) atoms. The molecule has 0 spiro atoms. The molecule has 0 aliphatic carbocycles. The number of carbonyl (C=O) groups excluding carboxylic acids is 1. The van der Waals surface area contributed by atoms with Crippen molar-refractivity contribution in [2.24, 2.45) is 4.99 Å². The van der Waals surface area contributed by atoms with Crippen molar-refractivity contribution in [3.63, 3.8) is 0 Å². The molecule has 0 fully saturated rings. The zero-order valence-electron chi connectivity index (χ0n) is 7.75. The molecule has 0 bridgehead atoms. The van der Waals surface area contributed by atoms with E-state index >= 15 is 0 Å². The number of nitrogens with zero attached hydrogens (tertiary/aromatic N) is 1. The third-order valence-corrected chi connectivity index (χ3v) is 1.65. The fraction of sp³-hybridized carbons (Fsp3) is 0.700. The molecule has 0 heterocycles. The fourth-order valence-corrected chi connectivity index (χ4v) is 0.971. The molecule has 68 valence electrons. The van der Waals surface area contributed by atoms with Crippen LogP contribution in [0.25, 0.3) is 0 Å². The first-order valence-electron chi connectivity index (χ1n) is 4.60. The molecule has 0 unspecified atom stereocenters. The smallest absolute Gasteiger partial charge is 0.211 e. The quantitative estimate of drug-likeness (QED) is 0.248. The van der Waals surface area contributed by atoms with E-state index in [9.17, 15) is 4.79 Å². The summed E-state index contributed by atoms with van der Waals surface area (Å²) in [5.74, 6) is 0. The van der Waals surface area contributed by atoms with Gasteiger partial charge in [0.05, 0.1) is 6.54 Å². The first-order chi connectivity index (χ1) is 5.91. The average Bonchev–Trinajstić information content (AvgIpc) is 2.10. The maximum Gasteiger partial charge on any atom is 0.235 e. The minimum atomic E-state index is 0.483. The van der Waals surface area contributed by atoms with Crippen LogP contribution in [0.1, 0.15) is 39.0 Å². The van der Waals surface area contributed by atoms with E-state index in [1.807, 2.05) is 6.08 Å². The summed E-state index contributed by atoms with van der Waals surface area (Å²) >= 11 is 0. The third-order valence-electron chi connectivity index (χ3n) is 1.65. The Hall–Kier alpha value is -0.880. The molecule has 0 aromatic rings. The van der Waals surface area contributed by atoms with Gasteiger partial charge >= 0.3 is 0 Å². The molecule has 2 heteroatoms. The zero-order valence-corrected chi connectivity index (χ0v) is 7.75. The molecule has 0 aromatic heterocycles. The molecule has 0 aromatic carbocycles. The summed E-state index contributed by atoms with van der Waals surface area (Å²) in [6.45, 7) is 2.69.